The van der Waals surface area contributed by atoms with Crippen LogP contribution in [0.5, 0.6) is 5.75 Å². The molecule has 2 amide bonds. The van der Waals surface area contributed by atoms with Gasteiger partial charge in [-0.2, -0.15) is 0 Å². The van der Waals surface area contributed by atoms with Crippen LogP contribution in [-0.2, 0) is 20.9 Å². The molecule has 0 spiro atoms. The smallest absolute Gasteiger partial charge is 0.227 e. The average Bonchev–Trinajstić information content (AvgIpc) is 2.76. The van der Waals surface area contributed by atoms with E-state index in [4.69, 9.17) is 9.47 Å². The molecule has 1 N–H and O–H groups in total. The van der Waals surface area contributed by atoms with Crippen LogP contribution in [0.4, 0.5) is 5.69 Å². The number of carbonyl (C=O) groups excluding carboxylic acids is 2. The number of hydrogen-bond acceptors (Lipinski definition) is 5. The maximum atomic E-state index is 12.6. The lowest BCUT2D eigenvalue weighted by molar-refractivity contribution is -0.125. The largest absolute Gasteiger partial charge is 0.491 e. The Hall–Kier alpha value is -2.51. The first-order chi connectivity index (χ1) is 14.2. The van der Waals surface area contributed by atoms with E-state index in [-0.39, 0.29) is 24.7 Å². The Morgan fingerprint density at radius 2 is 1.86 bits per heavy atom. The Morgan fingerprint density at radius 3 is 2.66 bits per heavy atom. The Balaban J connectivity index is 1.42. The number of thioether (sulfide) groups is 1. The summed E-state index contributed by atoms with van der Waals surface area (Å²) < 4.78 is 10.5. The molecular formula is C22H26N2O4S. The highest BCUT2D eigenvalue weighted by Crippen LogP contribution is 2.34. The number of anilines is 1. The lowest BCUT2D eigenvalue weighted by Gasteiger charge is -2.29. The van der Waals surface area contributed by atoms with Crippen LogP contribution in [0.1, 0.15) is 18.4 Å². The summed E-state index contributed by atoms with van der Waals surface area (Å²) >= 11 is 1.76. The Morgan fingerprint density at radius 1 is 1.07 bits per heavy atom. The number of nitrogens with zero attached hydrogens (tertiary/aromatic N) is 1. The van der Waals surface area contributed by atoms with Crippen LogP contribution < -0.4 is 15.0 Å². The van der Waals surface area contributed by atoms with E-state index in [2.05, 4.69) is 5.32 Å². The fraction of sp³-hybridized carbons (Fsp3) is 0.364. The van der Waals surface area contributed by atoms with Gasteiger partial charge >= 0.3 is 0 Å². The monoisotopic (exact) mass is 414 g/mol. The Labute approximate surface area is 175 Å². The number of rotatable bonds is 9. The van der Waals surface area contributed by atoms with E-state index in [1.54, 1.807) is 23.8 Å². The third-order valence-corrected chi connectivity index (χ3v) is 5.61. The molecule has 6 nitrogen and oxygen atoms in total. The predicted molar refractivity (Wildman–Crippen MR) is 114 cm³/mol. The Kier molecular flexibility index (Phi) is 7.95. The Bertz CT molecular complexity index is 826. The molecule has 0 saturated heterocycles. The van der Waals surface area contributed by atoms with E-state index in [1.165, 1.54) is 0 Å². The van der Waals surface area contributed by atoms with Gasteiger partial charge in [0, 0.05) is 43.7 Å². The fourth-order valence-corrected chi connectivity index (χ4v) is 4.01. The van der Waals surface area contributed by atoms with Crippen molar-refractivity contribution in [2.45, 2.75) is 24.3 Å². The molecule has 0 bridgehead atoms. The van der Waals surface area contributed by atoms with Gasteiger partial charge in [-0.15, -0.1) is 11.8 Å². The summed E-state index contributed by atoms with van der Waals surface area (Å²) in [7, 11) is 1.63. The SMILES string of the molecule is COCCOc1ccc(CNC(=O)CCC(=O)N2CCSc3ccccc32)cc1. The number of amides is 2. The van der Waals surface area contributed by atoms with Crippen molar-refractivity contribution in [1.29, 1.82) is 0 Å². The summed E-state index contributed by atoms with van der Waals surface area (Å²) in [6.45, 7) is 2.15. The number of fused-ring (bicyclic) bond motifs is 1. The maximum absolute atomic E-state index is 12.6. The molecule has 0 aliphatic carbocycles. The van der Waals surface area contributed by atoms with E-state index in [9.17, 15) is 9.59 Å². The first-order valence-corrected chi connectivity index (χ1v) is 10.7. The van der Waals surface area contributed by atoms with Crippen LogP contribution in [0.25, 0.3) is 0 Å². The number of carbonyl (C=O) groups is 2. The fourth-order valence-electron chi connectivity index (χ4n) is 3.02. The lowest BCUT2D eigenvalue weighted by Crippen LogP contribution is -2.36. The minimum atomic E-state index is -0.126. The van der Waals surface area contributed by atoms with Crippen LogP contribution in [0.2, 0.25) is 0 Å². The van der Waals surface area contributed by atoms with E-state index >= 15 is 0 Å². The minimum Gasteiger partial charge on any atom is -0.491 e. The van der Waals surface area contributed by atoms with E-state index in [0.717, 1.165) is 27.6 Å². The van der Waals surface area contributed by atoms with Gasteiger partial charge in [-0.1, -0.05) is 24.3 Å². The zero-order chi connectivity index (χ0) is 20.5. The standard InChI is InChI=1S/C22H26N2O4S/c1-27-13-14-28-18-8-6-17(7-9-18)16-23-21(25)10-11-22(26)24-12-15-29-20-5-3-2-4-19(20)24/h2-9H,10-16H2,1H3,(H,23,25). The molecule has 154 valence electrons. The first-order valence-electron chi connectivity index (χ1n) is 9.67. The summed E-state index contributed by atoms with van der Waals surface area (Å²) in [5.41, 5.74) is 1.92. The van der Waals surface area contributed by atoms with Crippen molar-refractivity contribution < 1.29 is 19.1 Å². The molecule has 3 rings (SSSR count). The molecule has 1 aliphatic heterocycles. The number of benzene rings is 2. The van der Waals surface area contributed by atoms with Gasteiger partial charge in [-0.3, -0.25) is 9.59 Å². The molecule has 2 aromatic rings. The van der Waals surface area contributed by atoms with Gasteiger partial charge in [0.1, 0.15) is 12.4 Å². The van der Waals surface area contributed by atoms with Gasteiger partial charge < -0.3 is 19.7 Å². The second-order valence-electron chi connectivity index (χ2n) is 6.62. The molecular weight excluding hydrogens is 388 g/mol. The summed E-state index contributed by atoms with van der Waals surface area (Å²) in [5, 5.41) is 2.87. The van der Waals surface area contributed by atoms with E-state index < -0.39 is 0 Å². The molecule has 0 radical (unpaired) electrons. The van der Waals surface area contributed by atoms with Crippen LogP contribution in [0.15, 0.2) is 53.4 Å². The molecule has 1 aliphatic rings. The predicted octanol–water partition coefficient (Wildman–Crippen LogP) is 3.25. The van der Waals surface area contributed by atoms with Crippen LogP contribution in [0.3, 0.4) is 0 Å². The molecule has 0 unspecified atom stereocenters. The van der Waals surface area contributed by atoms with Crippen molar-refractivity contribution in [2.24, 2.45) is 0 Å². The topological polar surface area (TPSA) is 67.9 Å². The van der Waals surface area contributed by atoms with E-state index in [0.29, 0.717) is 26.3 Å². The zero-order valence-electron chi connectivity index (χ0n) is 16.6. The van der Waals surface area contributed by atoms with Crippen LogP contribution >= 0.6 is 11.8 Å². The summed E-state index contributed by atoms with van der Waals surface area (Å²) in [5.74, 6) is 1.51. The summed E-state index contributed by atoms with van der Waals surface area (Å²) in [4.78, 5) is 27.7. The number of hydrogen-bond donors (Lipinski definition) is 1. The molecule has 0 aromatic heterocycles. The van der Waals surface area contributed by atoms with Crippen LogP contribution in [-0.4, -0.2) is 44.4 Å². The molecule has 2 aromatic carbocycles. The number of para-hydroxylation sites is 1. The average molecular weight is 415 g/mol. The third kappa shape index (κ3) is 6.24. The lowest BCUT2D eigenvalue weighted by atomic mass is 10.2. The third-order valence-electron chi connectivity index (χ3n) is 4.56. The van der Waals surface area contributed by atoms with Gasteiger partial charge in [-0.05, 0) is 29.8 Å². The zero-order valence-corrected chi connectivity index (χ0v) is 17.4. The van der Waals surface area contributed by atoms with Crippen molar-refractivity contribution in [2.75, 3.05) is 37.5 Å². The number of methoxy groups -OCH3 is 1. The molecule has 0 saturated carbocycles. The highest BCUT2D eigenvalue weighted by atomic mass is 32.2. The second kappa shape index (κ2) is 10.9. The summed E-state index contributed by atoms with van der Waals surface area (Å²) in [6.07, 6.45) is 0.389. The molecule has 0 fully saturated rings. The van der Waals surface area contributed by atoms with Gasteiger partial charge in [0.25, 0.3) is 0 Å². The summed E-state index contributed by atoms with van der Waals surface area (Å²) in [6, 6.07) is 15.5. The number of nitrogens with one attached hydrogen (secondary N) is 1. The van der Waals surface area contributed by atoms with Crippen molar-refractivity contribution in [3.05, 3.63) is 54.1 Å². The van der Waals surface area contributed by atoms with Gasteiger partial charge in [-0.25, -0.2) is 0 Å². The van der Waals surface area contributed by atoms with Crippen molar-refractivity contribution in [3.63, 3.8) is 0 Å². The van der Waals surface area contributed by atoms with Crippen LogP contribution in [0, 0.1) is 0 Å². The molecule has 0 atom stereocenters. The number of ether oxygens (including phenoxy) is 2. The normalized spacial score (nSPS) is 12.9. The molecule has 29 heavy (non-hydrogen) atoms. The highest BCUT2D eigenvalue weighted by Gasteiger charge is 2.22. The van der Waals surface area contributed by atoms with E-state index in [1.807, 2.05) is 48.5 Å². The molecule has 1 heterocycles. The van der Waals surface area contributed by atoms with Gasteiger partial charge in [0.2, 0.25) is 11.8 Å². The molecule has 7 heteroatoms. The maximum Gasteiger partial charge on any atom is 0.227 e. The highest BCUT2D eigenvalue weighted by molar-refractivity contribution is 7.99. The quantitative estimate of drug-likeness (QED) is 0.638. The van der Waals surface area contributed by atoms with Crippen molar-refractivity contribution >= 4 is 29.3 Å². The second-order valence-corrected chi connectivity index (χ2v) is 7.76. The van der Waals surface area contributed by atoms with Gasteiger partial charge in [0.05, 0.1) is 12.3 Å². The van der Waals surface area contributed by atoms with Gasteiger partial charge in [0.15, 0.2) is 0 Å². The van der Waals surface area contributed by atoms with Crippen molar-refractivity contribution in [1.82, 2.24) is 5.32 Å². The van der Waals surface area contributed by atoms with Crippen molar-refractivity contribution in [3.8, 4) is 5.75 Å². The first kappa shape index (κ1) is 21.2. The minimum absolute atomic E-state index is 0.00883.